The van der Waals surface area contributed by atoms with Crippen LogP contribution in [0, 0.1) is 13.8 Å². The van der Waals surface area contributed by atoms with Gasteiger partial charge in [-0.25, -0.2) is 0 Å². The van der Waals surface area contributed by atoms with Gasteiger partial charge in [0.05, 0.1) is 0 Å². The molecule has 0 saturated heterocycles. The number of aryl methyl sites for hydroxylation is 2. The second-order valence-corrected chi connectivity index (χ2v) is 4.75. The summed E-state index contributed by atoms with van der Waals surface area (Å²) in [6.07, 6.45) is 2.47. The highest BCUT2D eigenvalue weighted by molar-refractivity contribution is 5.64. The molecule has 3 rings (SSSR count). The van der Waals surface area contributed by atoms with E-state index in [1.807, 2.05) is 25.1 Å². The van der Waals surface area contributed by atoms with Gasteiger partial charge >= 0.3 is 0 Å². The minimum Gasteiger partial charge on any atom is -0.399 e. The number of nitrogen functional groups attached to an aromatic ring is 1. The molecule has 0 radical (unpaired) electrons. The van der Waals surface area contributed by atoms with Gasteiger partial charge in [-0.1, -0.05) is 0 Å². The quantitative estimate of drug-likeness (QED) is 0.803. The Morgan fingerprint density at radius 1 is 1.24 bits per heavy atom. The molecule has 4 heteroatoms. The van der Waals surface area contributed by atoms with Crippen LogP contribution in [0.3, 0.4) is 0 Å². The van der Waals surface area contributed by atoms with Gasteiger partial charge in [0.2, 0.25) is 0 Å². The van der Waals surface area contributed by atoms with Crippen molar-refractivity contribution < 1.29 is 0 Å². The van der Waals surface area contributed by atoms with Crippen molar-refractivity contribution in [2.24, 2.45) is 0 Å². The molecule has 1 aliphatic carbocycles. The number of benzene rings is 1. The smallest absolute Gasteiger partial charge is 0.164 e. The lowest BCUT2D eigenvalue weighted by atomic mass is 10.1. The Morgan fingerprint density at radius 2 is 2.00 bits per heavy atom. The number of rotatable bonds is 2. The minimum absolute atomic E-state index is 0.594. The molecule has 0 atom stereocenters. The molecule has 0 spiro atoms. The summed E-state index contributed by atoms with van der Waals surface area (Å²) in [6, 6.07) is 6.53. The van der Waals surface area contributed by atoms with E-state index in [1.54, 1.807) is 0 Å². The lowest BCUT2D eigenvalue weighted by Gasteiger charge is -2.09. The molecular formula is C13H16N4. The Morgan fingerprint density at radius 3 is 2.65 bits per heavy atom. The molecule has 1 aliphatic rings. The highest BCUT2D eigenvalue weighted by atomic mass is 15.3. The first-order valence-corrected chi connectivity index (χ1v) is 5.95. The van der Waals surface area contributed by atoms with Crippen LogP contribution in [0.4, 0.5) is 5.69 Å². The van der Waals surface area contributed by atoms with Gasteiger partial charge < -0.3 is 10.3 Å². The highest BCUT2D eigenvalue weighted by Gasteiger charge is 2.28. The first kappa shape index (κ1) is 10.3. The van der Waals surface area contributed by atoms with Gasteiger partial charge in [0.15, 0.2) is 5.82 Å². The molecule has 1 aromatic carbocycles. The van der Waals surface area contributed by atoms with Gasteiger partial charge in [-0.2, -0.15) is 0 Å². The van der Waals surface area contributed by atoms with Crippen molar-refractivity contribution in [2.75, 3.05) is 5.73 Å². The molecule has 0 unspecified atom stereocenters. The maximum atomic E-state index is 5.78. The highest BCUT2D eigenvalue weighted by Crippen LogP contribution is 2.39. The van der Waals surface area contributed by atoms with Crippen molar-refractivity contribution in [1.82, 2.24) is 14.8 Å². The molecule has 4 nitrogen and oxygen atoms in total. The monoisotopic (exact) mass is 228 g/mol. The van der Waals surface area contributed by atoms with E-state index in [9.17, 15) is 0 Å². The molecule has 1 fully saturated rings. The van der Waals surface area contributed by atoms with Gasteiger partial charge in [0.25, 0.3) is 0 Å². The number of hydrogen-bond donors (Lipinski definition) is 1. The normalized spacial score (nSPS) is 15.2. The van der Waals surface area contributed by atoms with Gasteiger partial charge in [-0.15, -0.1) is 10.2 Å². The molecule has 1 heterocycles. The van der Waals surface area contributed by atoms with E-state index in [1.165, 1.54) is 12.8 Å². The van der Waals surface area contributed by atoms with Crippen LogP contribution in [0.25, 0.3) is 11.4 Å². The summed E-state index contributed by atoms with van der Waals surface area (Å²) < 4.78 is 2.25. The van der Waals surface area contributed by atoms with Gasteiger partial charge in [-0.3, -0.25) is 0 Å². The first-order valence-electron chi connectivity index (χ1n) is 5.95. The summed E-state index contributed by atoms with van der Waals surface area (Å²) in [5.74, 6) is 1.97. The van der Waals surface area contributed by atoms with E-state index < -0.39 is 0 Å². The fourth-order valence-electron chi connectivity index (χ4n) is 2.26. The summed E-state index contributed by atoms with van der Waals surface area (Å²) in [4.78, 5) is 0. The van der Waals surface area contributed by atoms with Crippen LogP contribution in [-0.4, -0.2) is 14.8 Å². The Kier molecular flexibility index (Phi) is 2.18. The van der Waals surface area contributed by atoms with Crippen LogP contribution in [0.1, 0.15) is 30.3 Å². The number of nitrogens with zero attached hydrogens (tertiary/aromatic N) is 3. The lowest BCUT2D eigenvalue weighted by Crippen LogP contribution is -2.01. The maximum Gasteiger partial charge on any atom is 0.164 e. The van der Waals surface area contributed by atoms with Gasteiger partial charge in [-0.05, 0) is 50.5 Å². The van der Waals surface area contributed by atoms with E-state index in [4.69, 9.17) is 5.73 Å². The van der Waals surface area contributed by atoms with Crippen molar-refractivity contribution in [1.29, 1.82) is 0 Å². The molecule has 2 N–H and O–H groups in total. The zero-order chi connectivity index (χ0) is 12.0. The van der Waals surface area contributed by atoms with E-state index in [2.05, 4.69) is 21.7 Å². The zero-order valence-electron chi connectivity index (χ0n) is 10.1. The van der Waals surface area contributed by atoms with Crippen LogP contribution in [0.5, 0.6) is 0 Å². The lowest BCUT2D eigenvalue weighted by molar-refractivity contribution is 0.717. The molecular weight excluding hydrogens is 212 g/mol. The Labute approximate surface area is 100 Å². The summed E-state index contributed by atoms with van der Waals surface area (Å²) in [5.41, 5.74) is 8.85. The largest absolute Gasteiger partial charge is 0.399 e. The molecule has 2 aromatic rings. The van der Waals surface area contributed by atoms with E-state index in [-0.39, 0.29) is 0 Å². The maximum absolute atomic E-state index is 5.78. The molecule has 0 amide bonds. The molecule has 0 aliphatic heterocycles. The van der Waals surface area contributed by atoms with E-state index >= 15 is 0 Å². The standard InChI is InChI=1S/C13H16N4/c1-8-7-10(14)3-6-12(8)13-16-15-9(2)17(13)11-4-5-11/h3,6-7,11H,4-5,14H2,1-2H3. The molecule has 0 bridgehead atoms. The van der Waals surface area contributed by atoms with E-state index in [0.717, 1.165) is 28.5 Å². The average molecular weight is 228 g/mol. The molecule has 88 valence electrons. The van der Waals surface area contributed by atoms with Crippen molar-refractivity contribution in [3.63, 3.8) is 0 Å². The molecule has 1 saturated carbocycles. The third kappa shape index (κ3) is 1.69. The zero-order valence-corrected chi connectivity index (χ0v) is 10.1. The topological polar surface area (TPSA) is 56.7 Å². The Balaban J connectivity index is 2.14. The number of anilines is 1. The average Bonchev–Trinajstić information content (AvgIpc) is 3.03. The fraction of sp³-hybridized carbons (Fsp3) is 0.385. The predicted molar refractivity (Wildman–Crippen MR) is 67.6 cm³/mol. The molecule has 17 heavy (non-hydrogen) atoms. The summed E-state index contributed by atoms with van der Waals surface area (Å²) in [6.45, 7) is 4.08. The van der Waals surface area contributed by atoms with Crippen molar-refractivity contribution in [3.05, 3.63) is 29.6 Å². The summed E-state index contributed by atoms with van der Waals surface area (Å²) in [7, 11) is 0. The van der Waals surface area contributed by atoms with Gasteiger partial charge in [0.1, 0.15) is 5.82 Å². The summed E-state index contributed by atoms with van der Waals surface area (Å²) >= 11 is 0. The van der Waals surface area contributed by atoms with Crippen molar-refractivity contribution >= 4 is 5.69 Å². The van der Waals surface area contributed by atoms with E-state index in [0.29, 0.717) is 6.04 Å². The second kappa shape index (κ2) is 3.58. The SMILES string of the molecule is Cc1cc(N)ccc1-c1nnc(C)n1C1CC1. The number of hydrogen-bond acceptors (Lipinski definition) is 3. The second-order valence-electron chi connectivity index (χ2n) is 4.75. The first-order chi connectivity index (χ1) is 8.16. The van der Waals surface area contributed by atoms with Crippen LogP contribution in [0.2, 0.25) is 0 Å². The third-order valence-electron chi connectivity index (χ3n) is 3.27. The van der Waals surface area contributed by atoms with Crippen LogP contribution in [0.15, 0.2) is 18.2 Å². The van der Waals surface area contributed by atoms with Crippen LogP contribution < -0.4 is 5.73 Å². The van der Waals surface area contributed by atoms with Crippen molar-refractivity contribution in [2.45, 2.75) is 32.7 Å². The Hall–Kier alpha value is -1.84. The van der Waals surface area contributed by atoms with Crippen LogP contribution in [-0.2, 0) is 0 Å². The number of aromatic nitrogens is 3. The third-order valence-corrected chi connectivity index (χ3v) is 3.27. The predicted octanol–water partition coefficient (Wildman–Crippen LogP) is 2.48. The van der Waals surface area contributed by atoms with Gasteiger partial charge in [0, 0.05) is 17.3 Å². The Bertz CT molecular complexity index is 567. The van der Waals surface area contributed by atoms with Crippen LogP contribution >= 0.6 is 0 Å². The fourth-order valence-corrected chi connectivity index (χ4v) is 2.26. The number of nitrogens with two attached hydrogens (primary N) is 1. The molecule has 1 aromatic heterocycles. The van der Waals surface area contributed by atoms with Crippen molar-refractivity contribution in [3.8, 4) is 11.4 Å². The minimum atomic E-state index is 0.594. The summed E-state index contributed by atoms with van der Waals surface area (Å²) in [5, 5.41) is 8.51.